The predicted molar refractivity (Wildman–Crippen MR) is 97.2 cm³/mol. The normalized spacial score (nSPS) is 10.4. The van der Waals surface area contributed by atoms with Crippen molar-refractivity contribution in [2.75, 3.05) is 6.54 Å². The molecule has 0 aliphatic carbocycles. The van der Waals surface area contributed by atoms with Crippen LogP contribution in [0.3, 0.4) is 0 Å². The Labute approximate surface area is 148 Å². The SMILES string of the molecule is O=C(CCc1ccc(Cl)cc1)C(=O)NCCCCc1ccccc1. The summed E-state index contributed by atoms with van der Waals surface area (Å²) in [4.78, 5) is 23.6. The summed E-state index contributed by atoms with van der Waals surface area (Å²) in [6.07, 6.45) is 3.62. The first-order valence-electron chi connectivity index (χ1n) is 8.24. The van der Waals surface area contributed by atoms with Gasteiger partial charge >= 0.3 is 0 Å². The third-order valence-electron chi connectivity index (χ3n) is 3.83. The van der Waals surface area contributed by atoms with Crippen LogP contribution in [0.25, 0.3) is 0 Å². The number of benzene rings is 2. The number of aryl methyl sites for hydroxylation is 2. The number of ketones is 1. The monoisotopic (exact) mass is 343 g/mol. The Balaban J connectivity index is 1.59. The summed E-state index contributed by atoms with van der Waals surface area (Å²) < 4.78 is 0. The second kappa shape index (κ2) is 9.89. The molecule has 0 heterocycles. The van der Waals surface area contributed by atoms with Crippen LogP contribution >= 0.6 is 11.6 Å². The fraction of sp³-hybridized carbons (Fsp3) is 0.300. The van der Waals surface area contributed by atoms with Crippen molar-refractivity contribution in [1.29, 1.82) is 0 Å². The Morgan fingerprint density at radius 1 is 0.833 bits per heavy atom. The van der Waals surface area contributed by atoms with Gasteiger partial charge < -0.3 is 5.32 Å². The van der Waals surface area contributed by atoms with Crippen molar-refractivity contribution in [3.8, 4) is 0 Å². The number of Topliss-reactive ketones (excluding diaryl/α,β-unsaturated/α-hetero) is 1. The number of hydrogen-bond donors (Lipinski definition) is 1. The van der Waals surface area contributed by atoms with Gasteiger partial charge in [0.2, 0.25) is 5.78 Å². The molecular weight excluding hydrogens is 322 g/mol. The largest absolute Gasteiger partial charge is 0.350 e. The Morgan fingerprint density at radius 2 is 1.50 bits per heavy atom. The zero-order chi connectivity index (χ0) is 17.2. The maximum atomic E-state index is 11.8. The number of halogens is 1. The molecule has 1 amide bonds. The number of rotatable bonds is 9. The van der Waals surface area contributed by atoms with E-state index >= 15 is 0 Å². The van der Waals surface area contributed by atoms with Crippen LogP contribution in [0, 0.1) is 0 Å². The molecule has 0 unspecified atom stereocenters. The molecule has 0 atom stereocenters. The lowest BCUT2D eigenvalue weighted by molar-refractivity contribution is -0.137. The van der Waals surface area contributed by atoms with Crippen molar-refractivity contribution in [2.24, 2.45) is 0 Å². The lowest BCUT2D eigenvalue weighted by atomic mass is 10.1. The highest BCUT2D eigenvalue weighted by molar-refractivity contribution is 6.36. The van der Waals surface area contributed by atoms with Crippen LogP contribution in [0.4, 0.5) is 0 Å². The number of amides is 1. The van der Waals surface area contributed by atoms with Gasteiger partial charge in [-0.3, -0.25) is 9.59 Å². The number of nitrogens with one attached hydrogen (secondary N) is 1. The van der Waals surface area contributed by atoms with Crippen molar-refractivity contribution in [3.05, 3.63) is 70.7 Å². The van der Waals surface area contributed by atoms with Crippen molar-refractivity contribution in [1.82, 2.24) is 5.32 Å². The zero-order valence-electron chi connectivity index (χ0n) is 13.6. The van der Waals surface area contributed by atoms with Gasteiger partial charge in [-0.2, -0.15) is 0 Å². The Bertz CT molecular complexity index is 653. The summed E-state index contributed by atoms with van der Waals surface area (Å²) in [5.74, 6) is -0.850. The minimum Gasteiger partial charge on any atom is -0.350 e. The molecule has 0 fully saturated rings. The van der Waals surface area contributed by atoms with E-state index in [-0.39, 0.29) is 12.2 Å². The predicted octanol–water partition coefficient (Wildman–Crippen LogP) is 3.98. The molecule has 1 N–H and O–H groups in total. The van der Waals surface area contributed by atoms with Gasteiger partial charge in [0, 0.05) is 18.0 Å². The summed E-state index contributed by atoms with van der Waals surface area (Å²) in [7, 11) is 0. The molecule has 2 aromatic rings. The lowest BCUT2D eigenvalue weighted by Gasteiger charge is -2.05. The van der Waals surface area contributed by atoms with E-state index in [9.17, 15) is 9.59 Å². The standard InChI is InChI=1S/C20H22ClNO2/c21-18-12-9-17(10-13-18)11-14-19(23)20(24)22-15-5-4-8-16-6-2-1-3-7-16/h1-3,6-7,9-10,12-13H,4-5,8,11,14-15H2,(H,22,24). The summed E-state index contributed by atoms with van der Waals surface area (Å²) >= 11 is 5.82. The van der Waals surface area contributed by atoms with Crippen LogP contribution in [-0.2, 0) is 22.4 Å². The molecule has 0 spiro atoms. The molecule has 0 bridgehead atoms. The second-order valence-corrected chi connectivity index (χ2v) is 6.18. The van der Waals surface area contributed by atoms with Gasteiger partial charge in [0.1, 0.15) is 0 Å². The fourth-order valence-electron chi connectivity index (χ4n) is 2.42. The topological polar surface area (TPSA) is 46.2 Å². The van der Waals surface area contributed by atoms with Gasteiger partial charge in [-0.15, -0.1) is 0 Å². The van der Waals surface area contributed by atoms with E-state index in [2.05, 4.69) is 17.4 Å². The van der Waals surface area contributed by atoms with Crippen LogP contribution in [-0.4, -0.2) is 18.2 Å². The molecule has 24 heavy (non-hydrogen) atoms. The van der Waals surface area contributed by atoms with E-state index in [1.165, 1.54) is 5.56 Å². The molecule has 0 aromatic heterocycles. The zero-order valence-corrected chi connectivity index (χ0v) is 14.4. The van der Waals surface area contributed by atoms with Gasteiger partial charge in [0.25, 0.3) is 5.91 Å². The van der Waals surface area contributed by atoms with Crippen molar-refractivity contribution in [2.45, 2.75) is 32.1 Å². The molecule has 4 heteroatoms. The summed E-state index contributed by atoms with van der Waals surface area (Å²) in [5, 5.41) is 3.37. The van der Waals surface area contributed by atoms with Crippen LogP contribution in [0.15, 0.2) is 54.6 Å². The van der Waals surface area contributed by atoms with E-state index < -0.39 is 5.91 Å². The number of carbonyl (C=O) groups is 2. The number of carbonyl (C=O) groups excluding carboxylic acids is 2. The van der Waals surface area contributed by atoms with Crippen LogP contribution < -0.4 is 5.32 Å². The first-order valence-corrected chi connectivity index (χ1v) is 8.62. The van der Waals surface area contributed by atoms with Crippen LogP contribution in [0.5, 0.6) is 0 Å². The maximum absolute atomic E-state index is 11.8. The van der Waals surface area contributed by atoms with E-state index in [1.807, 2.05) is 30.3 Å². The molecule has 0 radical (unpaired) electrons. The molecule has 0 saturated heterocycles. The average molecular weight is 344 g/mol. The van der Waals surface area contributed by atoms with E-state index in [1.54, 1.807) is 12.1 Å². The van der Waals surface area contributed by atoms with Gasteiger partial charge in [-0.05, 0) is 48.9 Å². The minimum atomic E-state index is -0.483. The Morgan fingerprint density at radius 3 is 2.21 bits per heavy atom. The highest BCUT2D eigenvalue weighted by Crippen LogP contribution is 2.11. The molecule has 2 aromatic carbocycles. The Hall–Kier alpha value is -2.13. The molecule has 0 saturated carbocycles. The third-order valence-corrected chi connectivity index (χ3v) is 4.08. The van der Waals surface area contributed by atoms with Crippen molar-refractivity contribution >= 4 is 23.3 Å². The van der Waals surface area contributed by atoms with E-state index in [0.29, 0.717) is 18.0 Å². The van der Waals surface area contributed by atoms with E-state index in [0.717, 1.165) is 24.8 Å². The summed E-state index contributed by atoms with van der Waals surface area (Å²) in [6, 6.07) is 17.6. The van der Waals surface area contributed by atoms with Gasteiger partial charge in [0.15, 0.2) is 0 Å². The van der Waals surface area contributed by atoms with Crippen LogP contribution in [0.1, 0.15) is 30.4 Å². The van der Waals surface area contributed by atoms with Gasteiger partial charge in [0.05, 0.1) is 0 Å². The quantitative estimate of drug-likeness (QED) is 0.553. The molecule has 0 aliphatic heterocycles. The van der Waals surface area contributed by atoms with E-state index in [4.69, 9.17) is 11.6 Å². The molecule has 3 nitrogen and oxygen atoms in total. The Kier molecular flexibility index (Phi) is 7.50. The summed E-state index contributed by atoms with van der Waals surface area (Å²) in [6.45, 7) is 0.540. The molecule has 0 aliphatic rings. The molecule has 2 rings (SSSR count). The lowest BCUT2D eigenvalue weighted by Crippen LogP contribution is -2.31. The first-order chi connectivity index (χ1) is 11.6. The first kappa shape index (κ1) is 18.2. The molecule has 126 valence electrons. The minimum absolute atomic E-state index is 0.220. The van der Waals surface area contributed by atoms with Gasteiger partial charge in [-0.1, -0.05) is 54.1 Å². The number of unbranched alkanes of at least 4 members (excludes halogenated alkanes) is 1. The average Bonchev–Trinajstić information content (AvgIpc) is 2.61. The highest BCUT2D eigenvalue weighted by Gasteiger charge is 2.12. The van der Waals surface area contributed by atoms with Crippen LogP contribution in [0.2, 0.25) is 5.02 Å². The third kappa shape index (κ3) is 6.55. The maximum Gasteiger partial charge on any atom is 0.287 e. The van der Waals surface area contributed by atoms with Crippen molar-refractivity contribution < 1.29 is 9.59 Å². The second-order valence-electron chi connectivity index (χ2n) is 5.75. The number of hydrogen-bond acceptors (Lipinski definition) is 2. The highest BCUT2D eigenvalue weighted by atomic mass is 35.5. The smallest absolute Gasteiger partial charge is 0.287 e. The molecular formula is C20H22ClNO2. The van der Waals surface area contributed by atoms with Gasteiger partial charge in [-0.25, -0.2) is 0 Å². The van der Waals surface area contributed by atoms with Crippen molar-refractivity contribution in [3.63, 3.8) is 0 Å². The fourth-order valence-corrected chi connectivity index (χ4v) is 2.55. The summed E-state index contributed by atoms with van der Waals surface area (Å²) in [5.41, 5.74) is 2.30.